The van der Waals surface area contributed by atoms with E-state index in [4.69, 9.17) is 5.73 Å². The van der Waals surface area contributed by atoms with Gasteiger partial charge < -0.3 is 16.2 Å². The molecule has 4 N–H and O–H groups in total. The van der Waals surface area contributed by atoms with Gasteiger partial charge in [-0.25, -0.2) is 14.6 Å². The van der Waals surface area contributed by atoms with E-state index in [1.807, 2.05) is 6.92 Å². The Labute approximate surface area is 168 Å². The molecule has 0 aromatic carbocycles. The fraction of sp³-hybridized carbons (Fsp3) is 0.550. The topological polar surface area (TPSA) is 136 Å². The molecule has 2 unspecified atom stereocenters. The van der Waals surface area contributed by atoms with Crippen molar-refractivity contribution >= 4 is 17.5 Å². The van der Waals surface area contributed by atoms with Crippen molar-refractivity contribution < 1.29 is 14.7 Å². The van der Waals surface area contributed by atoms with Crippen LogP contribution in [0, 0.1) is 12.3 Å². The molecule has 2 heterocycles. The lowest BCUT2D eigenvalue weighted by atomic mass is 9.75. The lowest BCUT2D eigenvalue weighted by molar-refractivity contribution is 0.0909. The predicted molar refractivity (Wildman–Crippen MR) is 106 cm³/mol. The van der Waals surface area contributed by atoms with E-state index < -0.39 is 12.0 Å². The number of aliphatic hydroxyl groups is 1. The molecule has 0 saturated heterocycles. The van der Waals surface area contributed by atoms with Crippen LogP contribution in [-0.2, 0) is 6.42 Å². The van der Waals surface area contributed by atoms with Gasteiger partial charge in [0.15, 0.2) is 23.1 Å². The second-order valence-corrected chi connectivity index (χ2v) is 8.80. The SMILES string of the molecule is Cc1nn(-c2cnc(C(N)=O)c(NC3CCCC3O)n2)c2c1C(=O)CC(C)(C)C2. The van der Waals surface area contributed by atoms with Gasteiger partial charge in [-0.2, -0.15) is 5.10 Å². The number of nitrogens with one attached hydrogen (secondary N) is 1. The van der Waals surface area contributed by atoms with Gasteiger partial charge in [0, 0.05) is 6.42 Å². The maximum absolute atomic E-state index is 12.7. The molecular formula is C20H26N6O3. The summed E-state index contributed by atoms with van der Waals surface area (Å²) in [4.78, 5) is 33.3. The number of aromatic nitrogens is 4. The first-order chi connectivity index (χ1) is 13.7. The second-order valence-electron chi connectivity index (χ2n) is 8.80. The number of aliphatic hydroxyl groups excluding tert-OH is 1. The predicted octanol–water partition coefficient (Wildman–Crippen LogP) is 1.55. The number of Topliss-reactive ketones (excluding diaryl/α,β-unsaturated/α-hetero) is 1. The zero-order valence-corrected chi connectivity index (χ0v) is 16.9. The van der Waals surface area contributed by atoms with Crippen LogP contribution in [0.3, 0.4) is 0 Å². The summed E-state index contributed by atoms with van der Waals surface area (Å²) in [7, 11) is 0. The number of primary amides is 1. The van der Waals surface area contributed by atoms with E-state index in [0.717, 1.165) is 18.5 Å². The number of anilines is 1. The Hall–Kier alpha value is -2.81. The number of ketones is 1. The van der Waals surface area contributed by atoms with Gasteiger partial charge in [-0.05, 0) is 38.0 Å². The highest BCUT2D eigenvalue weighted by Gasteiger charge is 2.36. The molecule has 2 aromatic heterocycles. The van der Waals surface area contributed by atoms with Gasteiger partial charge in [0.2, 0.25) is 0 Å². The summed E-state index contributed by atoms with van der Waals surface area (Å²) in [5.41, 5.74) is 7.41. The average Bonchev–Trinajstić information content (AvgIpc) is 3.17. The largest absolute Gasteiger partial charge is 0.391 e. The molecule has 9 heteroatoms. The number of hydrogen-bond acceptors (Lipinski definition) is 7. The van der Waals surface area contributed by atoms with E-state index in [1.165, 1.54) is 6.20 Å². The van der Waals surface area contributed by atoms with Gasteiger partial charge in [-0.15, -0.1) is 0 Å². The lowest BCUT2D eigenvalue weighted by Crippen LogP contribution is -2.31. The molecule has 2 aliphatic rings. The van der Waals surface area contributed by atoms with E-state index in [1.54, 1.807) is 4.68 Å². The quantitative estimate of drug-likeness (QED) is 0.711. The van der Waals surface area contributed by atoms with Crippen molar-refractivity contribution in [2.45, 2.75) is 65.0 Å². The van der Waals surface area contributed by atoms with Crippen molar-refractivity contribution in [1.82, 2.24) is 19.7 Å². The zero-order valence-electron chi connectivity index (χ0n) is 16.9. The molecule has 1 saturated carbocycles. The molecular weight excluding hydrogens is 372 g/mol. The summed E-state index contributed by atoms with van der Waals surface area (Å²) in [6, 6.07) is -0.216. The highest BCUT2D eigenvalue weighted by molar-refractivity contribution is 6.00. The van der Waals surface area contributed by atoms with Crippen LogP contribution in [0.15, 0.2) is 6.20 Å². The molecule has 154 valence electrons. The molecule has 4 rings (SSSR count). The first kappa shape index (κ1) is 19.5. The van der Waals surface area contributed by atoms with Crippen LogP contribution in [-0.4, -0.2) is 48.7 Å². The Morgan fingerprint density at radius 1 is 1.34 bits per heavy atom. The minimum absolute atomic E-state index is 0.0157. The number of fused-ring (bicyclic) bond motifs is 1. The summed E-state index contributed by atoms with van der Waals surface area (Å²) >= 11 is 0. The van der Waals surface area contributed by atoms with Crippen LogP contribution in [0.25, 0.3) is 5.82 Å². The standard InChI is InChI=1S/C20H26N6O3/c1-10-16-12(7-20(2,3)8-14(16)28)26(25-10)15-9-22-17(18(21)29)19(24-15)23-11-5-4-6-13(11)27/h9,11,13,27H,4-8H2,1-3H3,(H2,21,29)(H,23,24). The van der Waals surface area contributed by atoms with Crippen molar-refractivity contribution in [2.75, 3.05) is 5.32 Å². The summed E-state index contributed by atoms with van der Waals surface area (Å²) in [5.74, 6) is 0.00671. The number of aryl methyl sites for hydroxylation is 1. The molecule has 2 atom stereocenters. The summed E-state index contributed by atoms with van der Waals surface area (Å²) in [6.45, 7) is 5.92. The van der Waals surface area contributed by atoms with E-state index in [2.05, 4.69) is 34.2 Å². The Morgan fingerprint density at radius 3 is 2.76 bits per heavy atom. The summed E-state index contributed by atoms with van der Waals surface area (Å²) in [5, 5.41) is 17.8. The zero-order chi connectivity index (χ0) is 20.9. The third-order valence-corrected chi connectivity index (χ3v) is 5.73. The van der Waals surface area contributed by atoms with Gasteiger partial charge in [0.05, 0.1) is 35.3 Å². The average molecular weight is 398 g/mol. The van der Waals surface area contributed by atoms with Gasteiger partial charge in [-0.1, -0.05) is 13.8 Å². The molecule has 0 bridgehead atoms. The minimum atomic E-state index is -0.700. The van der Waals surface area contributed by atoms with Crippen LogP contribution in [0.5, 0.6) is 0 Å². The number of hydrogen-bond donors (Lipinski definition) is 3. The van der Waals surface area contributed by atoms with E-state index in [9.17, 15) is 14.7 Å². The Balaban J connectivity index is 1.79. The van der Waals surface area contributed by atoms with E-state index in [-0.39, 0.29) is 28.8 Å². The Morgan fingerprint density at radius 2 is 2.10 bits per heavy atom. The molecule has 0 spiro atoms. The lowest BCUT2D eigenvalue weighted by Gasteiger charge is -2.29. The highest BCUT2D eigenvalue weighted by Crippen LogP contribution is 2.37. The number of nitrogens with two attached hydrogens (primary N) is 1. The normalized spacial score (nSPS) is 23.1. The van der Waals surface area contributed by atoms with Gasteiger partial charge >= 0.3 is 0 Å². The molecule has 9 nitrogen and oxygen atoms in total. The number of rotatable bonds is 4. The first-order valence-electron chi connectivity index (χ1n) is 9.90. The fourth-order valence-corrected chi connectivity index (χ4v) is 4.38. The number of carbonyl (C=O) groups is 2. The molecule has 2 aromatic rings. The van der Waals surface area contributed by atoms with Crippen molar-refractivity contribution in [3.8, 4) is 5.82 Å². The summed E-state index contributed by atoms with van der Waals surface area (Å²) < 4.78 is 1.64. The van der Waals surface area contributed by atoms with Gasteiger partial charge in [0.25, 0.3) is 5.91 Å². The van der Waals surface area contributed by atoms with Crippen LogP contribution >= 0.6 is 0 Å². The van der Waals surface area contributed by atoms with E-state index >= 15 is 0 Å². The molecule has 29 heavy (non-hydrogen) atoms. The van der Waals surface area contributed by atoms with Gasteiger partial charge in [0.1, 0.15) is 0 Å². The maximum atomic E-state index is 12.7. The van der Waals surface area contributed by atoms with Crippen LogP contribution in [0.4, 0.5) is 5.82 Å². The van der Waals surface area contributed by atoms with Crippen molar-refractivity contribution in [3.05, 3.63) is 28.8 Å². The highest BCUT2D eigenvalue weighted by atomic mass is 16.3. The third kappa shape index (κ3) is 3.50. The number of carbonyl (C=O) groups excluding carboxylic acids is 2. The number of amides is 1. The van der Waals surface area contributed by atoms with Crippen molar-refractivity contribution in [1.29, 1.82) is 0 Å². The fourth-order valence-electron chi connectivity index (χ4n) is 4.38. The molecule has 1 fully saturated rings. The van der Waals surface area contributed by atoms with Crippen LogP contribution < -0.4 is 11.1 Å². The second kappa shape index (κ2) is 6.91. The van der Waals surface area contributed by atoms with Crippen LogP contribution in [0.2, 0.25) is 0 Å². The smallest absolute Gasteiger partial charge is 0.271 e. The van der Waals surface area contributed by atoms with Crippen LogP contribution in [0.1, 0.15) is 71.8 Å². The number of nitrogens with zero attached hydrogens (tertiary/aromatic N) is 4. The molecule has 2 aliphatic carbocycles. The van der Waals surface area contributed by atoms with Gasteiger partial charge in [-0.3, -0.25) is 9.59 Å². The Bertz CT molecular complexity index is 996. The monoisotopic (exact) mass is 398 g/mol. The third-order valence-electron chi connectivity index (χ3n) is 5.73. The molecule has 0 radical (unpaired) electrons. The first-order valence-corrected chi connectivity index (χ1v) is 9.90. The molecule has 1 amide bonds. The summed E-state index contributed by atoms with van der Waals surface area (Å²) in [6.07, 6.45) is 4.43. The van der Waals surface area contributed by atoms with Crippen molar-refractivity contribution in [2.24, 2.45) is 11.1 Å². The molecule has 0 aliphatic heterocycles. The Kier molecular flexibility index (Phi) is 4.65. The van der Waals surface area contributed by atoms with Crippen molar-refractivity contribution in [3.63, 3.8) is 0 Å². The van der Waals surface area contributed by atoms with E-state index in [0.29, 0.717) is 36.3 Å². The maximum Gasteiger partial charge on any atom is 0.271 e. The minimum Gasteiger partial charge on any atom is -0.391 e.